The van der Waals surface area contributed by atoms with Crippen LogP contribution in [0.1, 0.15) is 11.8 Å². The fourth-order valence-corrected chi connectivity index (χ4v) is 2.92. The molecule has 0 aromatic carbocycles. The van der Waals surface area contributed by atoms with Crippen molar-refractivity contribution in [3.63, 3.8) is 0 Å². The first-order valence-electron chi connectivity index (χ1n) is 4.42. The summed E-state index contributed by atoms with van der Waals surface area (Å²) in [6.45, 7) is 1.51. The summed E-state index contributed by atoms with van der Waals surface area (Å²) in [5.41, 5.74) is 0. The molecule has 2 unspecified atom stereocenters. The molecule has 0 spiro atoms. The van der Waals surface area contributed by atoms with Gasteiger partial charge in [-0.05, 0) is 19.1 Å². The van der Waals surface area contributed by atoms with E-state index in [0.29, 0.717) is 10.8 Å². The van der Waals surface area contributed by atoms with Gasteiger partial charge < -0.3 is 5.11 Å². The van der Waals surface area contributed by atoms with Crippen LogP contribution in [0.25, 0.3) is 0 Å². The highest BCUT2D eigenvalue weighted by Crippen LogP contribution is 2.23. The van der Waals surface area contributed by atoms with Gasteiger partial charge >= 0.3 is 0 Å². The van der Waals surface area contributed by atoms with Crippen molar-refractivity contribution in [3.8, 4) is 0 Å². The highest BCUT2D eigenvalue weighted by Gasteiger charge is 2.24. The summed E-state index contributed by atoms with van der Waals surface area (Å²) in [5.74, 6) is 0. The van der Waals surface area contributed by atoms with Crippen LogP contribution < -0.4 is 0 Å². The maximum Gasteiger partial charge on any atom is 0.152 e. The molecule has 0 fully saturated rings. The van der Waals surface area contributed by atoms with Gasteiger partial charge in [0, 0.05) is 17.6 Å². The number of halogens is 1. The SMILES string of the molecule is CC(C(O)Cc1ccc(Cl)s1)S(C)(=O)=O. The van der Waals surface area contributed by atoms with Crippen LogP contribution in [0, 0.1) is 0 Å². The van der Waals surface area contributed by atoms with Crippen LogP contribution >= 0.6 is 22.9 Å². The molecule has 15 heavy (non-hydrogen) atoms. The standard InChI is InChI=1S/C9H13ClO3S2/c1-6(15(2,12)13)8(11)5-7-3-4-9(10)14-7/h3-4,6,8,11H,5H2,1-2H3. The first-order valence-corrected chi connectivity index (χ1v) is 7.56. The van der Waals surface area contributed by atoms with E-state index in [1.54, 1.807) is 12.1 Å². The normalized spacial score (nSPS) is 16.3. The van der Waals surface area contributed by atoms with E-state index in [1.165, 1.54) is 18.3 Å². The summed E-state index contributed by atoms with van der Waals surface area (Å²) in [5, 5.41) is 8.95. The van der Waals surface area contributed by atoms with Crippen LogP contribution in [0.2, 0.25) is 4.34 Å². The van der Waals surface area contributed by atoms with Gasteiger partial charge in [0.25, 0.3) is 0 Å². The molecule has 0 aliphatic heterocycles. The van der Waals surface area contributed by atoms with E-state index >= 15 is 0 Å². The molecular formula is C9H13ClO3S2. The van der Waals surface area contributed by atoms with E-state index in [-0.39, 0.29) is 0 Å². The molecule has 1 aromatic heterocycles. The first-order chi connectivity index (χ1) is 6.80. The molecule has 1 N–H and O–H groups in total. The number of aliphatic hydroxyl groups is 1. The van der Waals surface area contributed by atoms with Gasteiger partial charge in [-0.15, -0.1) is 11.3 Å². The average molecular weight is 269 g/mol. The Balaban J connectivity index is 2.68. The largest absolute Gasteiger partial charge is 0.391 e. The Morgan fingerprint density at radius 1 is 1.53 bits per heavy atom. The number of rotatable bonds is 4. The fourth-order valence-electron chi connectivity index (χ4n) is 1.12. The molecule has 0 radical (unpaired) electrons. The second kappa shape index (κ2) is 4.82. The van der Waals surface area contributed by atoms with E-state index in [9.17, 15) is 13.5 Å². The lowest BCUT2D eigenvalue weighted by molar-refractivity contribution is 0.174. The zero-order chi connectivity index (χ0) is 11.6. The van der Waals surface area contributed by atoms with Crippen molar-refractivity contribution in [2.24, 2.45) is 0 Å². The Kier molecular flexibility index (Phi) is 4.17. The van der Waals surface area contributed by atoms with Crippen molar-refractivity contribution in [1.82, 2.24) is 0 Å². The Morgan fingerprint density at radius 2 is 2.13 bits per heavy atom. The minimum atomic E-state index is -3.19. The van der Waals surface area contributed by atoms with Crippen LogP contribution in [0.15, 0.2) is 12.1 Å². The Bertz CT molecular complexity index is 424. The summed E-state index contributed by atoms with van der Waals surface area (Å²) in [7, 11) is -3.19. The van der Waals surface area contributed by atoms with Gasteiger partial charge in [0.1, 0.15) is 0 Å². The molecule has 0 bridgehead atoms. The van der Waals surface area contributed by atoms with Gasteiger partial charge in [-0.3, -0.25) is 0 Å². The van der Waals surface area contributed by atoms with Crippen molar-refractivity contribution >= 4 is 32.8 Å². The van der Waals surface area contributed by atoms with Crippen molar-refractivity contribution in [3.05, 3.63) is 21.3 Å². The molecule has 0 aliphatic rings. The molecule has 1 heterocycles. The molecule has 0 amide bonds. The Hall–Kier alpha value is -0.100. The van der Waals surface area contributed by atoms with E-state index < -0.39 is 21.2 Å². The minimum absolute atomic E-state index is 0.325. The predicted octanol–water partition coefficient (Wildman–Crippen LogP) is 1.74. The smallest absolute Gasteiger partial charge is 0.152 e. The minimum Gasteiger partial charge on any atom is -0.391 e. The molecule has 0 aliphatic carbocycles. The van der Waals surface area contributed by atoms with E-state index in [4.69, 9.17) is 11.6 Å². The van der Waals surface area contributed by atoms with Crippen molar-refractivity contribution in [1.29, 1.82) is 0 Å². The van der Waals surface area contributed by atoms with Gasteiger partial charge in [0.05, 0.1) is 15.7 Å². The zero-order valence-corrected chi connectivity index (χ0v) is 10.9. The first kappa shape index (κ1) is 13.0. The van der Waals surface area contributed by atoms with Crippen LogP contribution in [0.5, 0.6) is 0 Å². The number of hydrogen-bond acceptors (Lipinski definition) is 4. The van der Waals surface area contributed by atoms with E-state index in [1.807, 2.05) is 0 Å². The van der Waals surface area contributed by atoms with Gasteiger partial charge in [0.2, 0.25) is 0 Å². The quantitative estimate of drug-likeness (QED) is 0.905. The summed E-state index contributed by atoms with van der Waals surface area (Å²) in [4.78, 5) is 0.892. The van der Waals surface area contributed by atoms with Crippen LogP contribution in [-0.2, 0) is 16.3 Å². The molecule has 2 atom stereocenters. The predicted molar refractivity (Wildman–Crippen MR) is 63.3 cm³/mol. The van der Waals surface area contributed by atoms with Crippen LogP contribution in [0.3, 0.4) is 0 Å². The Morgan fingerprint density at radius 3 is 2.53 bits per heavy atom. The highest BCUT2D eigenvalue weighted by molar-refractivity contribution is 7.91. The number of sulfone groups is 1. The van der Waals surface area contributed by atoms with Crippen molar-refractivity contribution in [2.45, 2.75) is 24.7 Å². The zero-order valence-electron chi connectivity index (χ0n) is 8.47. The summed E-state index contributed by atoms with van der Waals surface area (Å²) in [6.07, 6.45) is 0.572. The number of hydrogen-bond donors (Lipinski definition) is 1. The summed E-state index contributed by atoms with van der Waals surface area (Å²) in [6, 6.07) is 3.53. The molecule has 6 heteroatoms. The van der Waals surface area contributed by atoms with Gasteiger partial charge in [-0.25, -0.2) is 8.42 Å². The molecule has 1 aromatic rings. The second-order valence-electron chi connectivity index (χ2n) is 3.51. The van der Waals surface area contributed by atoms with Gasteiger partial charge in [-0.1, -0.05) is 11.6 Å². The topological polar surface area (TPSA) is 54.4 Å². The molecule has 3 nitrogen and oxygen atoms in total. The lowest BCUT2D eigenvalue weighted by Crippen LogP contribution is -2.32. The third-order valence-electron chi connectivity index (χ3n) is 2.26. The Labute approximate surface area is 98.6 Å². The molecule has 0 saturated carbocycles. The fraction of sp³-hybridized carbons (Fsp3) is 0.556. The summed E-state index contributed by atoms with van der Waals surface area (Å²) >= 11 is 7.09. The number of thiophene rings is 1. The maximum absolute atomic E-state index is 11.2. The van der Waals surface area contributed by atoms with Gasteiger partial charge in [-0.2, -0.15) is 0 Å². The highest BCUT2D eigenvalue weighted by atomic mass is 35.5. The second-order valence-corrected chi connectivity index (χ2v) is 7.71. The lowest BCUT2D eigenvalue weighted by Gasteiger charge is -2.15. The lowest BCUT2D eigenvalue weighted by atomic mass is 10.2. The molecular weight excluding hydrogens is 256 g/mol. The molecule has 1 rings (SSSR count). The van der Waals surface area contributed by atoms with Crippen molar-refractivity contribution in [2.75, 3.05) is 6.26 Å². The van der Waals surface area contributed by atoms with Crippen LogP contribution in [-0.4, -0.2) is 31.1 Å². The van der Waals surface area contributed by atoms with E-state index in [0.717, 1.165) is 11.1 Å². The summed E-state index contributed by atoms with van der Waals surface area (Å²) < 4.78 is 23.0. The third-order valence-corrected chi connectivity index (χ3v) is 5.17. The number of aliphatic hydroxyl groups excluding tert-OH is 1. The maximum atomic E-state index is 11.2. The monoisotopic (exact) mass is 268 g/mol. The van der Waals surface area contributed by atoms with E-state index in [2.05, 4.69) is 0 Å². The third kappa shape index (κ3) is 3.75. The van der Waals surface area contributed by atoms with Gasteiger partial charge in [0.15, 0.2) is 9.84 Å². The van der Waals surface area contributed by atoms with Crippen LogP contribution in [0.4, 0.5) is 0 Å². The average Bonchev–Trinajstić information content (AvgIpc) is 2.48. The van der Waals surface area contributed by atoms with Crippen molar-refractivity contribution < 1.29 is 13.5 Å². The molecule has 86 valence electrons. The molecule has 0 saturated heterocycles.